The molecule has 0 aliphatic rings. The second-order valence-corrected chi connectivity index (χ2v) is 7.99. The van der Waals surface area contributed by atoms with E-state index in [1.165, 1.54) is 13.8 Å². The van der Waals surface area contributed by atoms with E-state index in [0.29, 0.717) is 5.69 Å². The van der Waals surface area contributed by atoms with Crippen molar-refractivity contribution in [2.45, 2.75) is 51.3 Å². The minimum absolute atomic E-state index is 0.0451. The van der Waals surface area contributed by atoms with Crippen molar-refractivity contribution >= 4 is 15.6 Å². The summed E-state index contributed by atoms with van der Waals surface area (Å²) in [5.41, 5.74) is 0.613. The summed E-state index contributed by atoms with van der Waals surface area (Å²) < 4.78 is 23.6. The maximum atomic E-state index is 12.1. The van der Waals surface area contributed by atoms with Gasteiger partial charge in [-0.05, 0) is 33.3 Å². The molecule has 0 aliphatic heterocycles. The largest absolute Gasteiger partial charge is 0.298 e. The average Bonchev–Trinajstić information content (AvgIpc) is 2.74. The van der Waals surface area contributed by atoms with Gasteiger partial charge in [-0.2, -0.15) is 5.10 Å². The molecule has 0 aliphatic carbocycles. The molecule has 0 saturated carbocycles. The minimum Gasteiger partial charge on any atom is -0.298 e. The van der Waals surface area contributed by atoms with Crippen LogP contribution < -0.4 is 0 Å². The highest BCUT2D eigenvalue weighted by molar-refractivity contribution is 7.92. The van der Waals surface area contributed by atoms with Crippen LogP contribution in [0.1, 0.15) is 45.9 Å². The Bertz CT molecular complexity index is 558. The molecule has 1 aromatic rings. The lowest BCUT2D eigenvalue weighted by Gasteiger charge is -2.20. The van der Waals surface area contributed by atoms with Crippen LogP contribution in [0.2, 0.25) is 0 Å². The minimum atomic E-state index is -3.42. The molecule has 19 heavy (non-hydrogen) atoms. The molecule has 1 unspecified atom stereocenters. The van der Waals surface area contributed by atoms with Crippen molar-refractivity contribution < 1.29 is 13.2 Å². The van der Waals surface area contributed by atoms with E-state index >= 15 is 0 Å². The molecule has 0 fully saturated rings. The van der Waals surface area contributed by atoms with Crippen molar-refractivity contribution in [1.29, 1.82) is 0 Å². The Morgan fingerprint density at radius 3 is 2.53 bits per heavy atom. The monoisotopic (exact) mass is 286 g/mol. The van der Waals surface area contributed by atoms with E-state index in [1.807, 2.05) is 13.1 Å². The summed E-state index contributed by atoms with van der Waals surface area (Å²) in [5.74, 6) is -0.329. The Morgan fingerprint density at radius 1 is 1.47 bits per heavy atom. The topological polar surface area (TPSA) is 69.0 Å². The lowest BCUT2D eigenvalue weighted by atomic mass is 10.0. The predicted molar refractivity (Wildman–Crippen MR) is 74.9 cm³/mol. The highest BCUT2D eigenvalue weighted by Crippen LogP contribution is 2.19. The molecule has 0 radical (unpaired) electrons. The fourth-order valence-corrected chi connectivity index (χ4v) is 1.97. The average molecular weight is 286 g/mol. The Morgan fingerprint density at radius 2 is 2.05 bits per heavy atom. The Labute approximate surface area is 114 Å². The Kier molecular flexibility index (Phi) is 4.55. The second-order valence-electron chi connectivity index (χ2n) is 5.43. The molecular weight excluding hydrogens is 264 g/mol. The number of hydrogen-bond donors (Lipinski definition) is 0. The van der Waals surface area contributed by atoms with Crippen LogP contribution in [0, 0.1) is 0 Å². The number of carbonyl (C=O) groups is 1. The van der Waals surface area contributed by atoms with Gasteiger partial charge in [-0.3, -0.25) is 9.48 Å². The Hall–Kier alpha value is -1.17. The van der Waals surface area contributed by atoms with Crippen LogP contribution in [0.25, 0.3) is 0 Å². The molecule has 5 nitrogen and oxygen atoms in total. The van der Waals surface area contributed by atoms with Crippen LogP contribution in [0.15, 0.2) is 12.3 Å². The van der Waals surface area contributed by atoms with E-state index in [1.54, 1.807) is 10.7 Å². The highest BCUT2D eigenvalue weighted by Gasteiger charge is 2.38. The predicted octanol–water partition coefficient (Wildman–Crippen LogP) is 1.79. The molecule has 1 atom stereocenters. The fraction of sp³-hybridized carbons (Fsp3) is 0.692. The third kappa shape index (κ3) is 3.43. The van der Waals surface area contributed by atoms with Gasteiger partial charge in [0.25, 0.3) is 0 Å². The van der Waals surface area contributed by atoms with Gasteiger partial charge in [0.05, 0.1) is 12.1 Å². The normalized spacial score (nSPS) is 14.4. The zero-order valence-corrected chi connectivity index (χ0v) is 13.0. The molecule has 1 aromatic heterocycles. The van der Waals surface area contributed by atoms with Gasteiger partial charge in [0, 0.05) is 18.5 Å². The third-order valence-electron chi connectivity index (χ3n) is 3.65. The van der Waals surface area contributed by atoms with Crippen molar-refractivity contribution in [3.05, 3.63) is 18.0 Å². The molecule has 6 heteroatoms. The second kappa shape index (κ2) is 5.45. The molecule has 0 spiro atoms. The summed E-state index contributed by atoms with van der Waals surface area (Å²) in [6.07, 6.45) is 3.90. The van der Waals surface area contributed by atoms with E-state index in [0.717, 1.165) is 12.7 Å². The molecule has 0 N–H and O–H groups in total. The molecule has 0 aromatic carbocycles. The standard InChI is InChI=1S/C13H22N2O3S/c1-6-10(2)15-8-7-11(14-15)9-12(16)13(3,4)19(5,17)18/h7-8,10H,6,9H2,1-5H3. The van der Waals surface area contributed by atoms with Crippen molar-refractivity contribution in [3.8, 4) is 0 Å². The number of nitrogens with zero attached hydrogens (tertiary/aromatic N) is 2. The molecule has 0 bridgehead atoms. The summed E-state index contributed by atoms with van der Waals surface area (Å²) in [7, 11) is -3.42. The Balaban J connectivity index is 2.87. The number of aromatic nitrogens is 2. The van der Waals surface area contributed by atoms with E-state index in [4.69, 9.17) is 0 Å². The van der Waals surface area contributed by atoms with Crippen molar-refractivity contribution in [3.63, 3.8) is 0 Å². The first-order chi connectivity index (χ1) is 8.59. The summed E-state index contributed by atoms with van der Waals surface area (Å²) in [6.45, 7) is 6.98. The zero-order valence-electron chi connectivity index (χ0n) is 12.2. The van der Waals surface area contributed by atoms with Gasteiger partial charge in [0.15, 0.2) is 15.6 Å². The van der Waals surface area contributed by atoms with Crippen LogP contribution >= 0.6 is 0 Å². The molecule has 0 saturated heterocycles. The quantitative estimate of drug-likeness (QED) is 0.799. The smallest absolute Gasteiger partial charge is 0.159 e. The van der Waals surface area contributed by atoms with Crippen LogP contribution in [0.3, 0.4) is 0 Å². The fourth-order valence-electron chi connectivity index (χ4n) is 1.49. The summed E-state index contributed by atoms with van der Waals surface area (Å²) in [5, 5.41) is 4.32. The van der Waals surface area contributed by atoms with E-state index < -0.39 is 14.6 Å². The number of carbonyl (C=O) groups excluding carboxylic acids is 1. The van der Waals surface area contributed by atoms with Gasteiger partial charge in [-0.25, -0.2) is 8.42 Å². The van der Waals surface area contributed by atoms with E-state index in [9.17, 15) is 13.2 Å². The van der Waals surface area contributed by atoms with Gasteiger partial charge in [0.2, 0.25) is 0 Å². The molecular formula is C13H22N2O3S. The van der Waals surface area contributed by atoms with Crippen LogP contribution in [0.4, 0.5) is 0 Å². The zero-order chi connectivity index (χ0) is 14.8. The van der Waals surface area contributed by atoms with Gasteiger partial charge >= 0.3 is 0 Å². The maximum absolute atomic E-state index is 12.1. The van der Waals surface area contributed by atoms with Crippen LogP contribution in [0.5, 0.6) is 0 Å². The van der Waals surface area contributed by atoms with Crippen LogP contribution in [-0.4, -0.2) is 35.0 Å². The molecule has 0 amide bonds. The van der Waals surface area contributed by atoms with Gasteiger partial charge in [-0.1, -0.05) is 6.92 Å². The summed E-state index contributed by atoms with van der Waals surface area (Å²) in [4.78, 5) is 12.1. The number of sulfone groups is 1. The summed E-state index contributed by atoms with van der Waals surface area (Å²) >= 11 is 0. The van der Waals surface area contributed by atoms with Crippen LogP contribution in [-0.2, 0) is 21.1 Å². The number of Topliss-reactive ketones (excluding diaryl/α,β-unsaturated/α-hetero) is 1. The van der Waals surface area contributed by atoms with Crippen molar-refractivity contribution in [2.24, 2.45) is 0 Å². The highest BCUT2D eigenvalue weighted by atomic mass is 32.2. The molecule has 1 heterocycles. The first kappa shape index (κ1) is 15.9. The van der Waals surface area contributed by atoms with Gasteiger partial charge in [-0.15, -0.1) is 0 Å². The number of ketones is 1. The lowest BCUT2D eigenvalue weighted by Crippen LogP contribution is -2.41. The molecule has 108 valence electrons. The number of hydrogen-bond acceptors (Lipinski definition) is 4. The summed E-state index contributed by atoms with van der Waals surface area (Å²) in [6, 6.07) is 2.04. The maximum Gasteiger partial charge on any atom is 0.159 e. The first-order valence-electron chi connectivity index (χ1n) is 6.36. The lowest BCUT2D eigenvalue weighted by molar-refractivity contribution is -0.120. The van der Waals surface area contributed by atoms with Crippen molar-refractivity contribution in [1.82, 2.24) is 9.78 Å². The van der Waals surface area contributed by atoms with Gasteiger partial charge in [0.1, 0.15) is 4.75 Å². The first-order valence-corrected chi connectivity index (χ1v) is 8.25. The van der Waals surface area contributed by atoms with E-state index in [-0.39, 0.29) is 18.2 Å². The third-order valence-corrected chi connectivity index (χ3v) is 5.73. The SMILES string of the molecule is CCC(C)n1ccc(CC(=O)C(C)(C)S(C)(=O)=O)n1. The number of rotatable bonds is 6. The van der Waals surface area contributed by atoms with E-state index in [2.05, 4.69) is 12.0 Å². The molecule has 1 rings (SSSR count). The van der Waals surface area contributed by atoms with Crippen molar-refractivity contribution in [2.75, 3.05) is 6.26 Å². The van der Waals surface area contributed by atoms with Gasteiger partial charge < -0.3 is 0 Å².